The highest BCUT2D eigenvalue weighted by Crippen LogP contribution is 2.36. The second-order valence-electron chi connectivity index (χ2n) is 5.99. The minimum absolute atomic E-state index is 0.238. The van der Waals surface area contributed by atoms with Crippen molar-refractivity contribution in [2.75, 3.05) is 26.8 Å². The minimum atomic E-state index is -0.238. The third kappa shape index (κ3) is 2.90. The zero-order chi connectivity index (χ0) is 14.0. The van der Waals surface area contributed by atoms with Gasteiger partial charge in [-0.1, -0.05) is 0 Å². The summed E-state index contributed by atoms with van der Waals surface area (Å²) in [6.07, 6.45) is 8.32. The van der Waals surface area contributed by atoms with Crippen LogP contribution in [0.3, 0.4) is 0 Å². The van der Waals surface area contributed by atoms with E-state index in [4.69, 9.17) is 9.47 Å². The molecule has 1 saturated carbocycles. The molecule has 0 unspecified atom stereocenters. The van der Waals surface area contributed by atoms with E-state index in [0.29, 0.717) is 6.04 Å². The minimum Gasteiger partial charge on any atom is -0.348 e. The quantitative estimate of drug-likeness (QED) is 0.842. The van der Waals surface area contributed by atoms with Crippen molar-refractivity contribution in [3.05, 3.63) is 18.2 Å². The van der Waals surface area contributed by atoms with Crippen LogP contribution in [0.2, 0.25) is 0 Å². The van der Waals surface area contributed by atoms with Gasteiger partial charge < -0.3 is 18.9 Å². The lowest BCUT2D eigenvalue weighted by molar-refractivity contribution is -0.183. The first-order chi connectivity index (χ1) is 9.69. The van der Waals surface area contributed by atoms with Crippen molar-refractivity contribution in [2.45, 2.75) is 51.0 Å². The third-order valence-corrected chi connectivity index (χ3v) is 4.77. The Labute approximate surface area is 120 Å². The molecule has 3 rings (SSSR count). The molecule has 2 heterocycles. The molecule has 0 atom stereocenters. The van der Waals surface area contributed by atoms with E-state index in [1.807, 2.05) is 6.20 Å². The monoisotopic (exact) mass is 279 g/mol. The SMILES string of the molecule is Cc1nccn1CCN(C)C1CCC2(CC1)OCCO2. The summed E-state index contributed by atoms with van der Waals surface area (Å²) in [4.78, 5) is 6.74. The number of aryl methyl sites for hydroxylation is 1. The highest BCUT2D eigenvalue weighted by Gasteiger charge is 2.40. The van der Waals surface area contributed by atoms with Crippen LogP contribution in [0.15, 0.2) is 12.4 Å². The number of rotatable bonds is 4. The number of hydrogen-bond donors (Lipinski definition) is 0. The molecule has 1 aliphatic heterocycles. The van der Waals surface area contributed by atoms with Gasteiger partial charge in [-0.05, 0) is 26.8 Å². The predicted octanol–water partition coefficient (Wildman–Crippen LogP) is 1.81. The summed E-state index contributed by atoms with van der Waals surface area (Å²) in [5.41, 5.74) is 0. The molecule has 0 radical (unpaired) electrons. The van der Waals surface area contributed by atoms with Crippen molar-refractivity contribution in [1.82, 2.24) is 14.5 Å². The van der Waals surface area contributed by atoms with Crippen LogP contribution >= 0.6 is 0 Å². The van der Waals surface area contributed by atoms with Crippen LogP contribution in [0.4, 0.5) is 0 Å². The zero-order valence-electron chi connectivity index (χ0n) is 12.5. The summed E-state index contributed by atoms with van der Waals surface area (Å²) in [6, 6.07) is 0.650. The maximum absolute atomic E-state index is 5.79. The molecule has 0 amide bonds. The van der Waals surface area contributed by atoms with Crippen LogP contribution in [-0.2, 0) is 16.0 Å². The molecule has 5 heteroatoms. The molecule has 1 aromatic heterocycles. The number of likely N-dealkylation sites (N-methyl/N-ethyl adjacent to an activating group) is 1. The van der Waals surface area contributed by atoms with Crippen LogP contribution in [0, 0.1) is 6.92 Å². The highest BCUT2D eigenvalue weighted by atomic mass is 16.7. The molecule has 1 spiro atoms. The van der Waals surface area contributed by atoms with E-state index in [1.54, 1.807) is 0 Å². The van der Waals surface area contributed by atoms with Crippen LogP contribution in [-0.4, -0.2) is 53.1 Å². The van der Waals surface area contributed by atoms with Gasteiger partial charge in [0.05, 0.1) is 13.2 Å². The fourth-order valence-corrected chi connectivity index (χ4v) is 3.36. The molecule has 0 aromatic carbocycles. The van der Waals surface area contributed by atoms with E-state index in [1.165, 1.54) is 12.8 Å². The van der Waals surface area contributed by atoms with Crippen molar-refractivity contribution in [3.63, 3.8) is 0 Å². The maximum atomic E-state index is 5.79. The molecule has 1 saturated heterocycles. The van der Waals surface area contributed by atoms with Crippen LogP contribution in [0.5, 0.6) is 0 Å². The molecule has 0 bridgehead atoms. The summed E-state index contributed by atoms with van der Waals surface area (Å²) in [5, 5.41) is 0. The Hall–Kier alpha value is -0.910. The standard InChI is InChI=1S/C15H25N3O2/c1-13-16-7-8-18(13)10-9-17(2)14-3-5-15(6-4-14)19-11-12-20-15/h7-8,14H,3-6,9-12H2,1-2H3. The summed E-state index contributed by atoms with van der Waals surface area (Å²) < 4.78 is 13.8. The van der Waals surface area contributed by atoms with Crippen molar-refractivity contribution < 1.29 is 9.47 Å². The van der Waals surface area contributed by atoms with E-state index >= 15 is 0 Å². The van der Waals surface area contributed by atoms with Gasteiger partial charge in [-0.25, -0.2) is 4.98 Å². The van der Waals surface area contributed by atoms with Gasteiger partial charge in [-0.3, -0.25) is 0 Å². The van der Waals surface area contributed by atoms with Gasteiger partial charge in [0, 0.05) is 44.4 Å². The van der Waals surface area contributed by atoms with Crippen molar-refractivity contribution in [3.8, 4) is 0 Å². The highest BCUT2D eigenvalue weighted by molar-refractivity contribution is 4.89. The molecule has 0 N–H and O–H groups in total. The van der Waals surface area contributed by atoms with Gasteiger partial charge in [0.2, 0.25) is 0 Å². The van der Waals surface area contributed by atoms with Gasteiger partial charge in [0.1, 0.15) is 5.82 Å². The van der Waals surface area contributed by atoms with E-state index in [9.17, 15) is 0 Å². The molecular weight excluding hydrogens is 254 g/mol. The van der Waals surface area contributed by atoms with Crippen molar-refractivity contribution in [2.24, 2.45) is 0 Å². The summed E-state index contributed by atoms with van der Waals surface area (Å²) in [7, 11) is 2.23. The Kier molecular flexibility index (Phi) is 4.10. The number of imidazole rings is 1. The van der Waals surface area contributed by atoms with Crippen molar-refractivity contribution >= 4 is 0 Å². The molecule has 1 aromatic rings. The lowest BCUT2D eigenvalue weighted by atomic mass is 9.89. The van der Waals surface area contributed by atoms with Gasteiger partial charge in [-0.15, -0.1) is 0 Å². The average molecular weight is 279 g/mol. The number of nitrogens with zero attached hydrogens (tertiary/aromatic N) is 3. The number of ether oxygens (including phenoxy) is 2. The Morgan fingerprint density at radius 3 is 2.65 bits per heavy atom. The first-order valence-corrected chi connectivity index (χ1v) is 7.64. The molecular formula is C15H25N3O2. The number of hydrogen-bond acceptors (Lipinski definition) is 4. The first kappa shape index (κ1) is 14.0. The lowest BCUT2D eigenvalue weighted by Crippen LogP contribution is -2.43. The second kappa shape index (κ2) is 5.84. The molecule has 112 valence electrons. The summed E-state index contributed by atoms with van der Waals surface area (Å²) in [6.45, 7) is 5.66. The zero-order valence-corrected chi connectivity index (χ0v) is 12.5. The van der Waals surface area contributed by atoms with Crippen LogP contribution in [0.1, 0.15) is 31.5 Å². The third-order valence-electron chi connectivity index (χ3n) is 4.77. The molecule has 2 aliphatic rings. The summed E-state index contributed by atoms with van der Waals surface area (Å²) >= 11 is 0. The fraction of sp³-hybridized carbons (Fsp3) is 0.800. The van der Waals surface area contributed by atoms with E-state index in [2.05, 4.69) is 34.6 Å². The normalized spacial score (nSPS) is 22.9. The topological polar surface area (TPSA) is 39.5 Å². The van der Waals surface area contributed by atoms with Gasteiger partial charge in [-0.2, -0.15) is 0 Å². The largest absolute Gasteiger partial charge is 0.348 e. The van der Waals surface area contributed by atoms with Crippen LogP contribution < -0.4 is 0 Å². The lowest BCUT2D eigenvalue weighted by Gasteiger charge is -2.39. The van der Waals surface area contributed by atoms with E-state index < -0.39 is 0 Å². The maximum Gasteiger partial charge on any atom is 0.168 e. The summed E-state index contributed by atoms with van der Waals surface area (Å²) in [5.74, 6) is 0.854. The van der Waals surface area contributed by atoms with Gasteiger partial charge >= 0.3 is 0 Å². The van der Waals surface area contributed by atoms with Gasteiger partial charge in [0.15, 0.2) is 5.79 Å². The Morgan fingerprint density at radius 1 is 1.35 bits per heavy atom. The van der Waals surface area contributed by atoms with Gasteiger partial charge in [0.25, 0.3) is 0 Å². The Bertz CT molecular complexity index is 430. The predicted molar refractivity (Wildman–Crippen MR) is 76.5 cm³/mol. The first-order valence-electron chi connectivity index (χ1n) is 7.64. The molecule has 20 heavy (non-hydrogen) atoms. The Morgan fingerprint density at radius 2 is 2.05 bits per heavy atom. The van der Waals surface area contributed by atoms with E-state index in [-0.39, 0.29) is 5.79 Å². The molecule has 1 aliphatic carbocycles. The molecule has 5 nitrogen and oxygen atoms in total. The van der Waals surface area contributed by atoms with Crippen LogP contribution in [0.25, 0.3) is 0 Å². The average Bonchev–Trinajstić information content (AvgIpc) is 3.07. The second-order valence-corrected chi connectivity index (χ2v) is 5.99. The van der Waals surface area contributed by atoms with Crippen molar-refractivity contribution in [1.29, 1.82) is 0 Å². The molecule has 2 fully saturated rings. The van der Waals surface area contributed by atoms with E-state index in [0.717, 1.165) is 45.0 Å². The fourth-order valence-electron chi connectivity index (χ4n) is 3.36. The smallest absolute Gasteiger partial charge is 0.168 e. The number of aromatic nitrogens is 2. The Balaban J connectivity index is 1.47.